The van der Waals surface area contributed by atoms with E-state index in [-0.39, 0.29) is 5.91 Å². The van der Waals surface area contributed by atoms with Crippen LogP contribution in [0.4, 0.5) is 19.0 Å². The minimum Gasteiger partial charge on any atom is -0.361 e. The number of carbonyl (C=O) groups excluding carboxylic acids is 1. The summed E-state index contributed by atoms with van der Waals surface area (Å²) in [5, 5.41) is 2.96. The second kappa shape index (κ2) is 8.13. The van der Waals surface area contributed by atoms with E-state index < -0.39 is 6.36 Å². The van der Waals surface area contributed by atoms with Crippen molar-refractivity contribution in [2.24, 2.45) is 0 Å². The molecule has 1 aromatic rings. The molecule has 1 aliphatic heterocycles. The summed E-state index contributed by atoms with van der Waals surface area (Å²) in [6.07, 6.45) is -1.90. The van der Waals surface area contributed by atoms with Crippen LogP contribution < -0.4 is 5.32 Å². The lowest BCUT2D eigenvalue weighted by atomic mass is 10.2. The smallest absolute Gasteiger partial charge is 0.361 e. The van der Waals surface area contributed by atoms with Crippen LogP contribution in [-0.2, 0) is 9.53 Å². The van der Waals surface area contributed by atoms with Crippen LogP contribution in [0.3, 0.4) is 0 Å². The third-order valence-electron chi connectivity index (χ3n) is 2.49. The lowest BCUT2D eigenvalue weighted by Gasteiger charge is -2.30. The zero-order chi connectivity index (χ0) is 15.9. The van der Waals surface area contributed by atoms with Crippen LogP contribution in [0, 0.1) is 0 Å². The topological polar surface area (TPSA) is 67.3 Å². The highest BCUT2D eigenvalue weighted by atomic mass is 79.9. The maximum absolute atomic E-state index is 11.5. The Bertz CT molecular complexity index is 469. The third kappa shape index (κ3) is 7.23. The molecule has 118 valence electrons. The summed E-state index contributed by atoms with van der Waals surface area (Å²) in [6, 6.07) is 1.74. The van der Waals surface area contributed by atoms with Gasteiger partial charge in [0.1, 0.15) is 16.7 Å². The van der Waals surface area contributed by atoms with Gasteiger partial charge in [-0.25, -0.2) is 9.97 Å². The molecule has 21 heavy (non-hydrogen) atoms. The van der Waals surface area contributed by atoms with Gasteiger partial charge in [0.05, 0.1) is 6.54 Å². The molecule has 0 saturated carbocycles. The van der Waals surface area contributed by atoms with Crippen molar-refractivity contribution in [2.75, 3.05) is 32.1 Å². The van der Waals surface area contributed by atoms with E-state index in [0.717, 1.165) is 19.5 Å². The number of aromatic nitrogens is 2. The van der Waals surface area contributed by atoms with Crippen LogP contribution in [-0.4, -0.2) is 53.9 Å². The fourth-order valence-electron chi connectivity index (χ4n) is 1.27. The number of likely N-dealkylation sites (tertiary alicyclic amines) is 1. The molecule has 2 heterocycles. The Balaban J connectivity index is 0.000000315. The summed E-state index contributed by atoms with van der Waals surface area (Å²) in [6.45, 7) is 2.06. The third-order valence-corrected chi connectivity index (χ3v) is 2.93. The maximum atomic E-state index is 11.5. The Labute approximate surface area is 127 Å². The number of amides is 1. The predicted octanol–water partition coefficient (Wildman–Crippen LogP) is 2.04. The SMILES string of the molecule is COC(F)(F)F.O=C(CNc1cc(Br)ncn1)N1CCC1. The number of alkyl halides is 3. The Morgan fingerprint density at radius 1 is 1.48 bits per heavy atom. The highest BCUT2D eigenvalue weighted by Gasteiger charge is 2.25. The first-order valence-electron chi connectivity index (χ1n) is 5.93. The van der Waals surface area contributed by atoms with Crippen LogP contribution in [0.25, 0.3) is 0 Å². The highest BCUT2D eigenvalue weighted by molar-refractivity contribution is 9.10. The fourth-order valence-corrected chi connectivity index (χ4v) is 1.58. The lowest BCUT2D eigenvalue weighted by Crippen LogP contribution is -2.44. The number of halogens is 4. The van der Waals surface area contributed by atoms with E-state index in [1.807, 2.05) is 4.90 Å². The monoisotopic (exact) mass is 370 g/mol. The van der Waals surface area contributed by atoms with Crippen LogP contribution >= 0.6 is 15.9 Å². The number of anilines is 1. The van der Waals surface area contributed by atoms with Gasteiger partial charge in [0.15, 0.2) is 0 Å². The van der Waals surface area contributed by atoms with E-state index >= 15 is 0 Å². The second-order valence-corrected chi connectivity index (χ2v) is 4.78. The van der Waals surface area contributed by atoms with Gasteiger partial charge in [0.2, 0.25) is 5.91 Å². The summed E-state index contributed by atoms with van der Waals surface area (Å²) in [7, 11) is 0.583. The molecular formula is C11H14BrF3N4O2. The van der Waals surface area contributed by atoms with Crippen molar-refractivity contribution in [1.29, 1.82) is 0 Å². The molecule has 1 fully saturated rings. The van der Waals surface area contributed by atoms with Gasteiger partial charge >= 0.3 is 6.36 Å². The Morgan fingerprint density at radius 2 is 2.10 bits per heavy atom. The molecule has 1 N–H and O–H groups in total. The number of nitrogens with one attached hydrogen (secondary N) is 1. The minimum atomic E-state index is -4.46. The van der Waals surface area contributed by atoms with E-state index in [9.17, 15) is 18.0 Å². The molecule has 1 amide bonds. The normalized spacial score (nSPS) is 13.9. The molecule has 0 atom stereocenters. The van der Waals surface area contributed by atoms with E-state index in [1.54, 1.807) is 6.07 Å². The zero-order valence-corrected chi connectivity index (χ0v) is 12.7. The number of nitrogens with zero attached hydrogens (tertiary/aromatic N) is 3. The largest absolute Gasteiger partial charge is 0.522 e. The van der Waals surface area contributed by atoms with Gasteiger partial charge < -0.3 is 10.2 Å². The molecule has 0 unspecified atom stereocenters. The van der Waals surface area contributed by atoms with E-state index in [4.69, 9.17) is 0 Å². The summed E-state index contributed by atoms with van der Waals surface area (Å²) >= 11 is 3.24. The second-order valence-electron chi connectivity index (χ2n) is 3.96. The molecule has 0 aromatic carbocycles. The van der Waals surface area contributed by atoms with E-state index in [1.165, 1.54) is 6.33 Å². The van der Waals surface area contributed by atoms with Gasteiger partial charge in [-0.2, -0.15) is 0 Å². The van der Waals surface area contributed by atoms with Crippen LogP contribution in [0.5, 0.6) is 0 Å². The first-order valence-corrected chi connectivity index (χ1v) is 6.72. The van der Waals surface area contributed by atoms with Gasteiger partial charge in [0.25, 0.3) is 0 Å². The summed E-state index contributed by atoms with van der Waals surface area (Å²) in [5.74, 6) is 0.779. The molecule has 0 radical (unpaired) electrons. The molecule has 1 aromatic heterocycles. The first-order chi connectivity index (χ1) is 9.81. The molecule has 0 aliphatic carbocycles. The zero-order valence-electron chi connectivity index (χ0n) is 11.2. The van der Waals surface area contributed by atoms with Crippen LogP contribution in [0.1, 0.15) is 6.42 Å². The Hall–Kier alpha value is -1.42. The van der Waals surface area contributed by atoms with Crippen LogP contribution in [0.15, 0.2) is 17.0 Å². The number of carbonyl (C=O) groups is 1. The van der Waals surface area contributed by atoms with Crippen molar-refractivity contribution in [3.63, 3.8) is 0 Å². The van der Waals surface area contributed by atoms with E-state index in [0.29, 0.717) is 24.1 Å². The average molecular weight is 371 g/mol. The quantitative estimate of drug-likeness (QED) is 0.824. The van der Waals surface area contributed by atoms with Crippen molar-refractivity contribution in [2.45, 2.75) is 12.8 Å². The standard InChI is InChI=1S/C9H11BrN4O.C2H3F3O/c10-7-4-8(13-6-12-7)11-5-9(15)14-2-1-3-14;1-6-2(3,4)5/h4,6H,1-3,5H2,(H,11,12,13);1H3. The molecule has 0 spiro atoms. The highest BCUT2D eigenvalue weighted by Crippen LogP contribution is 2.13. The van der Waals surface area contributed by atoms with Crippen molar-refractivity contribution >= 4 is 27.7 Å². The molecule has 1 saturated heterocycles. The summed E-state index contributed by atoms with van der Waals surface area (Å²) in [5.41, 5.74) is 0. The molecule has 2 rings (SSSR count). The fraction of sp³-hybridized carbons (Fsp3) is 0.545. The van der Waals surface area contributed by atoms with Crippen LogP contribution in [0.2, 0.25) is 0 Å². The van der Waals surface area contributed by atoms with Crippen molar-refractivity contribution in [3.05, 3.63) is 17.0 Å². The lowest BCUT2D eigenvalue weighted by molar-refractivity contribution is -0.311. The molecule has 1 aliphatic rings. The van der Waals surface area contributed by atoms with Gasteiger partial charge in [-0.15, -0.1) is 13.2 Å². The van der Waals surface area contributed by atoms with Crippen molar-refractivity contribution in [3.8, 4) is 0 Å². The Kier molecular flexibility index (Phi) is 6.82. The first kappa shape index (κ1) is 17.6. The number of hydrogen-bond acceptors (Lipinski definition) is 5. The van der Waals surface area contributed by atoms with E-state index in [2.05, 4.69) is 36.0 Å². The number of hydrogen-bond donors (Lipinski definition) is 1. The van der Waals surface area contributed by atoms with Crippen molar-refractivity contribution < 1.29 is 22.7 Å². The van der Waals surface area contributed by atoms with Gasteiger partial charge in [-0.05, 0) is 22.4 Å². The van der Waals surface area contributed by atoms with Gasteiger partial charge in [0, 0.05) is 26.3 Å². The summed E-state index contributed by atoms with van der Waals surface area (Å²) in [4.78, 5) is 21.2. The molecule has 0 bridgehead atoms. The van der Waals surface area contributed by atoms with Gasteiger partial charge in [-0.3, -0.25) is 9.53 Å². The number of ether oxygens (including phenoxy) is 1. The summed E-state index contributed by atoms with van der Waals surface area (Å²) < 4.78 is 35.3. The average Bonchev–Trinajstić information content (AvgIpc) is 2.34. The van der Waals surface area contributed by atoms with Crippen molar-refractivity contribution in [1.82, 2.24) is 14.9 Å². The maximum Gasteiger partial charge on any atom is 0.522 e. The molecular weight excluding hydrogens is 357 g/mol. The minimum absolute atomic E-state index is 0.121. The molecule has 6 nitrogen and oxygen atoms in total. The number of methoxy groups -OCH3 is 1. The van der Waals surface area contributed by atoms with Gasteiger partial charge in [-0.1, -0.05) is 0 Å². The molecule has 10 heteroatoms. The number of rotatable bonds is 3. The predicted molar refractivity (Wildman–Crippen MR) is 72.5 cm³/mol. The Morgan fingerprint density at radius 3 is 2.52 bits per heavy atom.